The number of phenolic OH excluding ortho intramolecular Hbond substituents is 3. The topological polar surface area (TPSA) is 530 Å². The van der Waals surface area contributed by atoms with Crippen LogP contribution in [-0.4, -0.2) is 198 Å². The zero-order valence-electron chi connectivity index (χ0n) is 55.8. The van der Waals surface area contributed by atoms with Crippen LogP contribution in [-0.2, 0) is 57.3 Å². The van der Waals surface area contributed by atoms with Crippen molar-refractivity contribution in [2.45, 2.75) is 156 Å². The first-order chi connectivity index (χ1) is 48.1. The van der Waals surface area contributed by atoms with Gasteiger partial charge >= 0.3 is 5.97 Å². The van der Waals surface area contributed by atoms with Crippen molar-refractivity contribution >= 4 is 82.9 Å². The average molecular weight is 1500 g/mol. The lowest BCUT2D eigenvalue weighted by molar-refractivity contribution is -0.343. The van der Waals surface area contributed by atoms with E-state index in [4.69, 9.17) is 63.1 Å². The zero-order chi connectivity index (χ0) is 74.7. The molecule has 2 saturated heterocycles. The zero-order valence-corrected chi connectivity index (χ0v) is 58.1. The molecule has 5 aromatic rings. The standard InChI is InChI=1S/C53H52Cl2N8O16.C14H27NO8.ClH/c1-20(2)10-32(57-3)47(70)62-43-45(68)22-5-8-36(30(54)14-22)78-26-11-24-12-27(18-26)79-37-9-6-23(15-31(37)55)46(69)44-52(75)61-42(53(76)77)29-16-25(64)17-35(66)39(29)28-13-21(4-7-34(28)65)40(49(72)63-44)60-50(73)41(24)59-48(71)33(19-38(56)67)58-51(43)74;1-6-12(19)14(2,15)4-8(21-6)23-11-10(18)9(17)7(5-16)22-13(11)20-3;/h4-9,11-18,20,32-33,40-46,57,64-66,68-69H,10,19H2,1-3H3,(H2,56,67)(H,58,74)(H,59,71)(H,60,73)(H,61,75)(H,62,70)(H,63,72)(H,76,77);6-13,16-19H,4-5,15H2,1-3H3;1H/t32-,33+,40-,41-,42-,43?,44-,45-,46-;6-,7-,8+,9-,10+,11+,12+,13-,14+;/m11./s1. The highest BCUT2D eigenvalue weighted by Gasteiger charge is 2.50. The highest BCUT2D eigenvalue weighted by Crippen LogP contribution is 2.45. The average Bonchev–Trinajstić information content (AvgIpc) is 0.770. The summed E-state index contributed by atoms with van der Waals surface area (Å²) in [5.74, 6) is -12.7. The molecule has 0 spiro atoms. The van der Waals surface area contributed by atoms with Crippen molar-refractivity contribution in [2.24, 2.45) is 17.4 Å². The number of fused-ring (bicyclic) bond motifs is 15. The Morgan fingerprint density at radius 2 is 1.31 bits per heavy atom. The number of carbonyl (C=O) groups excluding carboxylic acids is 7. The number of aliphatic hydroxyl groups is 6. The number of carboxylic acid groups (broad SMARTS) is 1. The minimum absolute atomic E-state index is 0. The molecule has 558 valence electrons. The van der Waals surface area contributed by atoms with E-state index < -0.39 is 198 Å². The molecule has 18 atom stereocenters. The fourth-order valence-electron chi connectivity index (χ4n) is 12.3. The molecule has 2 fully saturated rings. The molecule has 12 rings (SSSR count). The van der Waals surface area contributed by atoms with Crippen LogP contribution in [0, 0.1) is 5.92 Å². The van der Waals surface area contributed by atoms with E-state index in [1.807, 2.05) is 13.8 Å². The Balaban J connectivity index is 0.000000475. The number of aromatic hydroxyl groups is 3. The lowest BCUT2D eigenvalue weighted by Crippen LogP contribution is -2.64. The summed E-state index contributed by atoms with van der Waals surface area (Å²) in [4.78, 5) is 113. The highest BCUT2D eigenvalue weighted by atomic mass is 35.5. The molecule has 5 aromatic carbocycles. The predicted molar refractivity (Wildman–Crippen MR) is 363 cm³/mol. The molecule has 33 nitrogen and oxygen atoms in total. The molecule has 7 aliphatic heterocycles. The maximum atomic E-state index is 15.3. The molecule has 21 N–H and O–H groups in total. The van der Waals surface area contributed by atoms with Crippen LogP contribution in [0.1, 0.15) is 105 Å². The second-order valence-electron chi connectivity index (χ2n) is 25.7. The van der Waals surface area contributed by atoms with Gasteiger partial charge in [0.25, 0.3) is 0 Å². The Bertz CT molecular complexity index is 4020. The summed E-state index contributed by atoms with van der Waals surface area (Å²) < 4.78 is 34.3. The van der Waals surface area contributed by atoms with Gasteiger partial charge in [-0.15, -0.1) is 12.4 Å². The molecule has 103 heavy (non-hydrogen) atoms. The number of nitrogens with one attached hydrogen (secondary N) is 7. The van der Waals surface area contributed by atoms with Crippen LogP contribution in [0.25, 0.3) is 11.1 Å². The van der Waals surface area contributed by atoms with Gasteiger partial charge in [-0.1, -0.05) is 55.2 Å². The van der Waals surface area contributed by atoms with Crippen LogP contribution in [0.4, 0.5) is 0 Å². The third kappa shape index (κ3) is 18.1. The number of carbonyl (C=O) groups is 8. The first-order valence-corrected chi connectivity index (χ1v) is 32.7. The molecular formula is C67H80Cl3N9O24. The minimum atomic E-state index is -2.15. The number of carboxylic acids is 1. The lowest BCUT2D eigenvalue weighted by Gasteiger charge is -2.46. The van der Waals surface area contributed by atoms with Gasteiger partial charge in [0.2, 0.25) is 41.4 Å². The molecule has 36 heteroatoms. The van der Waals surface area contributed by atoms with Crippen LogP contribution >= 0.6 is 35.6 Å². The van der Waals surface area contributed by atoms with E-state index in [2.05, 4.69) is 37.2 Å². The molecule has 7 heterocycles. The number of amides is 7. The number of nitrogens with two attached hydrogens (primary N) is 2. The summed E-state index contributed by atoms with van der Waals surface area (Å²) in [6, 6.07) is 3.28. The second-order valence-corrected chi connectivity index (χ2v) is 26.5. The van der Waals surface area contributed by atoms with Gasteiger partial charge in [-0.25, -0.2) is 4.79 Å². The van der Waals surface area contributed by atoms with Crippen molar-refractivity contribution in [3.05, 3.63) is 123 Å². The number of primary amides is 1. The molecule has 7 amide bonds. The van der Waals surface area contributed by atoms with Gasteiger partial charge in [-0.05, 0) is 110 Å². The van der Waals surface area contributed by atoms with Crippen molar-refractivity contribution < 1.29 is 118 Å². The maximum Gasteiger partial charge on any atom is 0.330 e. The Hall–Kier alpha value is -8.75. The normalized spacial score (nSPS) is 28.8. The van der Waals surface area contributed by atoms with Crippen molar-refractivity contribution in [1.29, 1.82) is 0 Å². The Labute approximate surface area is 603 Å². The van der Waals surface area contributed by atoms with Crippen LogP contribution in [0.2, 0.25) is 10.0 Å². The predicted octanol–water partition coefficient (Wildman–Crippen LogP) is 0.782. The van der Waals surface area contributed by atoms with Crippen LogP contribution in [0.5, 0.6) is 40.2 Å². The molecule has 0 aromatic heterocycles. The van der Waals surface area contributed by atoms with E-state index in [-0.39, 0.29) is 92.0 Å². The number of benzene rings is 5. The van der Waals surface area contributed by atoms with Crippen molar-refractivity contribution in [3.63, 3.8) is 0 Å². The molecule has 0 saturated carbocycles. The van der Waals surface area contributed by atoms with Gasteiger partial charge in [0.1, 0.15) is 107 Å². The van der Waals surface area contributed by atoms with Crippen molar-refractivity contribution in [3.8, 4) is 51.4 Å². The number of halogens is 3. The first kappa shape index (κ1) is 79.9. The summed E-state index contributed by atoms with van der Waals surface area (Å²) in [5.41, 5.74) is 8.85. The summed E-state index contributed by atoms with van der Waals surface area (Å²) in [6.07, 6.45) is -12.3. The molecule has 0 radical (unpaired) electrons. The largest absolute Gasteiger partial charge is 0.508 e. The number of ether oxygens (including phenoxy) is 6. The summed E-state index contributed by atoms with van der Waals surface area (Å²) in [7, 11) is 2.88. The fraction of sp³-hybridized carbons (Fsp3) is 0.433. The number of hydrogen-bond donors (Lipinski definition) is 19. The Morgan fingerprint density at radius 1 is 0.718 bits per heavy atom. The number of aliphatic hydroxyl groups excluding tert-OH is 6. The van der Waals surface area contributed by atoms with E-state index in [1.54, 1.807) is 13.8 Å². The van der Waals surface area contributed by atoms with Gasteiger partial charge in [-0.3, -0.25) is 33.6 Å². The number of methoxy groups -OCH3 is 1. The van der Waals surface area contributed by atoms with Gasteiger partial charge in [-0.2, -0.15) is 0 Å². The fourth-order valence-corrected chi connectivity index (χ4v) is 12.8. The van der Waals surface area contributed by atoms with Crippen LogP contribution in [0.15, 0.2) is 84.9 Å². The summed E-state index contributed by atoms with van der Waals surface area (Å²) >= 11 is 13.5. The van der Waals surface area contributed by atoms with E-state index in [9.17, 15) is 84.6 Å². The van der Waals surface area contributed by atoms with Crippen LogP contribution < -0.4 is 58.2 Å². The van der Waals surface area contributed by atoms with Crippen molar-refractivity contribution in [2.75, 3.05) is 20.8 Å². The van der Waals surface area contributed by atoms with Gasteiger partial charge < -0.3 is 128 Å². The number of aliphatic carboxylic acids is 1. The second kappa shape index (κ2) is 33.4. The Morgan fingerprint density at radius 3 is 1.87 bits per heavy atom. The van der Waals surface area contributed by atoms with Gasteiger partial charge in [0.05, 0.1) is 41.3 Å². The van der Waals surface area contributed by atoms with Gasteiger partial charge in [0, 0.05) is 47.9 Å². The summed E-state index contributed by atoms with van der Waals surface area (Å²) in [6.45, 7) is 6.60. The van der Waals surface area contributed by atoms with E-state index in [1.165, 1.54) is 68.8 Å². The molecule has 0 aliphatic carbocycles. The van der Waals surface area contributed by atoms with Gasteiger partial charge in [0.15, 0.2) is 18.6 Å². The molecular weight excluding hydrogens is 1420 g/mol. The molecule has 11 bridgehead atoms. The van der Waals surface area contributed by atoms with E-state index >= 15 is 4.79 Å². The van der Waals surface area contributed by atoms with Crippen molar-refractivity contribution in [1.82, 2.24) is 37.2 Å². The minimum Gasteiger partial charge on any atom is -0.508 e. The van der Waals surface area contributed by atoms with E-state index in [0.29, 0.717) is 0 Å². The monoisotopic (exact) mass is 1500 g/mol. The lowest BCUT2D eigenvalue weighted by atomic mass is 9.86. The molecule has 1 unspecified atom stereocenters. The Kier molecular flexibility index (Phi) is 25.9. The highest BCUT2D eigenvalue weighted by molar-refractivity contribution is 6.32. The first-order valence-electron chi connectivity index (χ1n) is 31.9. The van der Waals surface area contributed by atoms with E-state index in [0.717, 1.165) is 30.3 Å². The third-order valence-electron chi connectivity index (χ3n) is 17.6. The third-order valence-corrected chi connectivity index (χ3v) is 18.2. The SMILES string of the molecule is CN[C@H](CC(C)C)C(=O)NC1C(=O)N[C@@H](CC(N)=O)C(=O)N[C@H]2C(=O)N[C@H]3C(=O)N[C@@H](C(=O)N[C@@H](C(=O)O)c4cc(O)cc(O)c4-c4cc3ccc4O)[C@H](O)c3ccc(c(Cl)c3)Oc3cc(cc2c3)Oc2ccc(cc2Cl)[C@H]1O.CO[C@@H]1O[C@H](CO)[C@@H](O)[C@H](O)[C@@H]1O[C@H]1C[C@](C)(N)[C@@H](O)[C@@H](C)O1.Cl. The quantitative estimate of drug-likeness (QED) is 0.0821. The number of likely N-dealkylation sites (N-methyl/N-ethyl adjacent to an activating group) is 1. The molecule has 7 aliphatic rings. The number of phenols is 3. The summed E-state index contributed by atoms with van der Waals surface area (Å²) in [5, 5.41) is 124. The number of rotatable bonds is 12. The number of hydrogen-bond acceptors (Lipinski definition) is 25. The maximum absolute atomic E-state index is 15.3. The van der Waals surface area contributed by atoms with Crippen LogP contribution in [0.3, 0.4) is 0 Å². The smallest absolute Gasteiger partial charge is 0.330 e.